The number of nitriles is 1. The molecule has 47 heavy (non-hydrogen) atoms. The summed E-state index contributed by atoms with van der Waals surface area (Å²) in [4.78, 5) is 30.1. The number of fused-ring (bicyclic) bond motifs is 2. The van der Waals surface area contributed by atoms with Crippen molar-refractivity contribution in [1.82, 2.24) is 19.8 Å². The fourth-order valence-corrected chi connectivity index (χ4v) is 7.02. The van der Waals surface area contributed by atoms with Crippen molar-refractivity contribution in [3.63, 3.8) is 0 Å². The van der Waals surface area contributed by atoms with Crippen LogP contribution in [0, 0.1) is 11.3 Å². The minimum atomic E-state index is -4.52. The van der Waals surface area contributed by atoms with Gasteiger partial charge in [0.1, 0.15) is 18.3 Å². The lowest BCUT2D eigenvalue weighted by Crippen LogP contribution is -2.55. The number of piperazine rings is 1. The zero-order valence-corrected chi connectivity index (χ0v) is 26.3. The molecule has 0 unspecified atom stereocenters. The maximum absolute atomic E-state index is 14.2. The summed E-state index contributed by atoms with van der Waals surface area (Å²) >= 11 is 0. The number of carbonyl (C=O) groups excluding carboxylic acids is 1. The van der Waals surface area contributed by atoms with E-state index in [9.17, 15) is 27.6 Å². The largest absolute Gasteiger partial charge is 0.462 e. The Hall–Kier alpha value is -4.44. The van der Waals surface area contributed by atoms with E-state index < -0.39 is 35.9 Å². The fraction of sp³-hybridized carbons (Fsp3) is 0.471. The van der Waals surface area contributed by atoms with Crippen molar-refractivity contribution in [2.75, 3.05) is 56.2 Å². The van der Waals surface area contributed by atoms with Crippen LogP contribution in [0.2, 0.25) is 0 Å². The number of benzene rings is 2. The van der Waals surface area contributed by atoms with E-state index in [2.05, 4.69) is 17.5 Å². The van der Waals surface area contributed by atoms with E-state index in [4.69, 9.17) is 14.7 Å². The molecule has 0 radical (unpaired) electrons. The van der Waals surface area contributed by atoms with Gasteiger partial charge in [-0.25, -0.2) is 4.39 Å². The molecule has 0 N–H and O–H groups in total. The number of alkyl halides is 3. The molecule has 0 spiro atoms. The van der Waals surface area contributed by atoms with Crippen molar-refractivity contribution in [2.24, 2.45) is 0 Å². The van der Waals surface area contributed by atoms with E-state index in [0.29, 0.717) is 55.2 Å². The molecule has 2 atom stereocenters. The van der Waals surface area contributed by atoms with Crippen molar-refractivity contribution in [3.8, 4) is 12.1 Å². The van der Waals surface area contributed by atoms with Gasteiger partial charge in [-0.3, -0.25) is 4.79 Å². The lowest BCUT2D eigenvalue weighted by molar-refractivity contribution is -0.136. The Morgan fingerprint density at radius 2 is 1.87 bits per heavy atom. The number of rotatable bonds is 8. The Labute approximate surface area is 271 Å². The average molecular weight is 652 g/mol. The van der Waals surface area contributed by atoms with Crippen molar-refractivity contribution >= 4 is 28.2 Å². The molecule has 9 nitrogen and oxygen atoms in total. The van der Waals surface area contributed by atoms with Crippen LogP contribution < -0.4 is 14.5 Å². The van der Waals surface area contributed by atoms with Crippen molar-refractivity contribution in [2.45, 2.75) is 56.9 Å². The second kappa shape index (κ2) is 13.4. The summed E-state index contributed by atoms with van der Waals surface area (Å²) in [6, 6.07) is 11.4. The molecule has 248 valence electrons. The third kappa shape index (κ3) is 6.83. The highest BCUT2D eigenvalue weighted by Crippen LogP contribution is 2.41. The smallest absolute Gasteiger partial charge is 0.417 e. The maximum Gasteiger partial charge on any atom is 0.417 e. The molecule has 13 heteroatoms. The third-order valence-electron chi connectivity index (χ3n) is 9.40. The van der Waals surface area contributed by atoms with Crippen LogP contribution in [0.5, 0.6) is 6.01 Å². The number of halogens is 4. The summed E-state index contributed by atoms with van der Waals surface area (Å²) in [6.07, 6.45) is -2.37. The molecule has 2 aromatic carbocycles. The number of likely N-dealkylation sites (N-methyl/N-ethyl adjacent to an activating group) is 1. The van der Waals surface area contributed by atoms with E-state index in [1.165, 1.54) is 11.0 Å². The van der Waals surface area contributed by atoms with Crippen molar-refractivity contribution in [3.05, 3.63) is 65.6 Å². The average Bonchev–Trinajstić information content (AvgIpc) is 3.46. The number of aromatic nitrogens is 2. The molecular weight excluding hydrogens is 614 g/mol. The Morgan fingerprint density at radius 3 is 2.57 bits per heavy atom. The molecule has 3 aliphatic heterocycles. The van der Waals surface area contributed by atoms with Crippen LogP contribution in [0.4, 0.5) is 29.1 Å². The molecule has 1 amide bonds. The Kier molecular flexibility index (Phi) is 9.23. The van der Waals surface area contributed by atoms with E-state index in [1.54, 1.807) is 24.3 Å². The van der Waals surface area contributed by atoms with Gasteiger partial charge in [0.15, 0.2) is 0 Å². The minimum absolute atomic E-state index is 0.0576. The number of likely N-dealkylation sites (tertiary alicyclic amines) is 1. The molecule has 1 aromatic heterocycles. The first kappa shape index (κ1) is 32.5. The van der Waals surface area contributed by atoms with E-state index in [0.717, 1.165) is 31.0 Å². The van der Waals surface area contributed by atoms with Gasteiger partial charge in [-0.1, -0.05) is 30.8 Å². The van der Waals surface area contributed by atoms with Crippen LogP contribution in [-0.2, 0) is 23.9 Å². The molecule has 3 aromatic rings. The van der Waals surface area contributed by atoms with Crippen LogP contribution >= 0.6 is 0 Å². The molecule has 0 aliphatic carbocycles. The standard InChI is InChI=1S/C34H37F4N7O2/c1-22(35)18-30(46)45-17-16-44(19-24(45)11-13-39)32-26-12-15-43(20-28(26)40-33(41-32)47-21-25-8-5-14-42(25)2)29-10-4-7-23-6-3-9-27(31(23)29)34(36,37)38/h3-4,6-7,9-10,24-25H,1,5,8,11-12,14-21H2,2H3/t24-,25-/m0/s1. The second-order valence-electron chi connectivity index (χ2n) is 12.4. The summed E-state index contributed by atoms with van der Waals surface area (Å²) in [7, 11) is 2.05. The third-order valence-corrected chi connectivity index (χ3v) is 9.40. The van der Waals surface area contributed by atoms with Crippen LogP contribution in [-0.4, -0.2) is 84.1 Å². The normalized spacial score (nSPS) is 20.3. The zero-order valence-electron chi connectivity index (χ0n) is 26.3. The number of carbonyl (C=O) groups is 1. The highest BCUT2D eigenvalue weighted by Gasteiger charge is 2.36. The Balaban J connectivity index is 1.35. The summed E-state index contributed by atoms with van der Waals surface area (Å²) < 4.78 is 62.1. The molecule has 4 heterocycles. The number of hydrogen-bond acceptors (Lipinski definition) is 8. The van der Waals surface area contributed by atoms with Crippen LogP contribution in [0.25, 0.3) is 10.8 Å². The first-order valence-electron chi connectivity index (χ1n) is 15.8. The summed E-state index contributed by atoms with van der Waals surface area (Å²) in [5, 5.41) is 10.2. The predicted molar refractivity (Wildman–Crippen MR) is 170 cm³/mol. The Bertz CT molecular complexity index is 1700. The fourth-order valence-electron chi connectivity index (χ4n) is 7.02. The van der Waals surface area contributed by atoms with Gasteiger partial charge < -0.3 is 24.3 Å². The van der Waals surface area contributed by atoms with E-state index in [1.807, 2.05) is 16.8 Å². The number of hydrogen-bond donors (Lipinski definition) is 0. The molecular formula is C34H37F4N7O2. The molecule has 6 rings (SSSR count). The van der Waals surface area contributed by atoms with Gasteiger partial charge in [-0.2, -0.15) is 28.4 Å². The number of ether oxygens (including phenoxy) is 1. The molecule has 2 saturated heterocycles. The Morgan fingerprint density at radius 1 is 1.09 bits per heavy atom. The van der Waals surface area contributed by atoms with Gasteiger partial charge in [0.2, 0.25) is 5.91 Å². The first-order chi connectivity index (χ1) is 22.5. The zero-order chi connectivity index (χ0) is 33.3. The summed E-state index contributed by atoms with van der Waals surface area (Å²) in [5.41, 5.74) is 1.31. The van der Waals surface area contributed by atoms with Gasteiger partial charge >= 0.3 is 12.2 Å². The summed E-state index contributed by atoms with van der Waals surface area (Å²) in [5.74, 6) is -0.523. The van der Waals surface area contributed by atoms with Crippen LogP contribution in [0.3, 0.4) is 0 Å². The molecule has 0 bridgehead atoms. The van der Waals surface area contributed by atoms with Crippen molar-refractivity contribution < 1.29 is 27.1 Å². The monoisotopic (exact) mass is 651 g/mol. The van der Waals surface area contributed by atoms with Gasteiger partial charge in [-0.05, 0) is 50.4 Å². The van der Waals surface area contributed by atoms with Gasteiger partial charge in [0.25, 0.3) is 0 Å². The van der Waals surface area contributed by atoms with E-state index >= 15 is 0 Å². The van der Waals surface area contributed by atoms with Crippen LogP contribution in [0.1, 0.15) is 42.5 Å². The van der Waals surface area contributed by atoms with Gasteiger partial charge in [0, 0.05) is 48.9 Å². The maximum atomic E-state index is 14.2. The SMILES string of the molecule is C=C(F)CC(=O)N1CCN(c2nc(OC[C@@H]3CCCN3C)nc3c2CCN(c2cccc4cccc(C(F)(F)F)c24)C3)C[C@@H]1CC#N. The lowest BCUT2D eigenvalue weighted by atomic mass is 9.98. The number of nitrogens with zero attached hydrogens (tertiary/aromatic N) is 7. The topological polar surface area (TPSA) is 88.8 Å². The number of anilines is 2. The van der Waals surface area contributed by atoms with Crippen molar-refractivity contribution in [1.29, 1.82) is 5.26 Å². The van der Waals surface area contributed by atoms with Crippen LogP contribution in [0.15, 0.2) is 48.8 Å². The quantitative estimate of drug-likeness (QED) is 0.296. The lowest BCUT2D eigenvalue weighted by Gasteiger charge is -2.42. The predicted octanol–water partition coefficient (Wildman–Crippen LogP) is 5.49. The highest BCUT2D eigenvalue weighted by molar-refractivity contribution is 5.97. The first-order valence-corrected chi connectivity index (χ1v) is 15.8. The van der Waals surface area contributed by atoms with Gasteiger partial charge in [0.05, 0.1) is 42.8 Å². The molecule has 3 aliphatic rings. The molecule has 0 saturated carbocycles. The number of amides is 1. The minimum Gasteiger partial charge on any atom is -0.462 e. The highest BCUT2D eigenvalue weighted by atomic mass is 19.4. The summed E-state index contributed by atoms with van der Waals surface area (Å²) in [6.45, 7) is 6.21. The molecule has 2 fully saturated rings. The van der Waals surface area contributed by atoms with E-state index in [-0.39, 0.29) is 36.9 Å². The van der Waals surface area contributed by atoms with Gasteiger partial charge in [-0.15, -0.1) is 0 Å². The second-order valence-corrected chi connectivity index (χ2v) is 12.4.